The quantitative estimate of drug-likeness (QED) is 0.0914. The second kappa shape index (κ2) is 15.7. The van der Waals surface area contributed by atoms with Gasteiger partial charge in [0.25, 0.3) is 0 Å². The van der Waals surface area contributed by atoms with Gasteiger partial charge in [0.15, 0.2) is 5.78 Å². The number of hydrogen-bond donors (Lipinski definition) is 1. The van der Waals surface area contributed by atoms with E-state index in [0.29, 0.717) is 5.92 Å². The Morgan fingerprint density at radius 3 is 2.31 bits per heavy atom. The number of aromatic nitrogens is 1. The van der Waals surface area contributed by atoms with Gasteiger partial charge >= 0.3 is 0 Å². The molecule has 1 aliphatic carbocycles. The fourth-order valence-electron chi connectivity index (χ4n) is 7.21. The van der Waals surface area contributed by atoms with E-state index in [1.54, 1.807) is 0 Å². The molecule has 1 saturated carbocycles. The van der Waals surface area contributed by atoms with Gasteiger partial charge in [-0.2, -0.15) is 0 Å². The van der Waals surface area contributed by atoms with E-state index in [0.717, 1.165) is 65.6 Å². The molecule has 0 amide bonds. The summed E-state index contributed by atoms with van der Waals surface area (Å²) < 4.78 is 6.76. The van der Waals surface area contributed by atoms with Crippen molar-refractivity contribution in [1.29, 1.82) is 0 Å². The van der Waals surface area contributed by atoms with Gasteiger partial charge < -0.3 is 9.84 Å². The van der Waals surface area contributed by atoms with E-state index in [1.165, 1.54) is 53.7 Å². The third-order valence-electron chi connectivity index (χ3n) is 10.7. The summed E-state index contributed by atoms with van der Waals surface area (Å²) in [4.78, 5) is 16.7. The number of benzene rings is 3. The number of nitrogens with zero attached hydrogens (tertiary/aromatic N) is 1. The molecule has 259 valence electrons. The molecule has 1 aliphatic heterocycles. The predicted octanol–water partition coefficient (Wildman–Crippen LogP) is 12.5. The molecule has 0 bridgehead atoms. The number of carbonyl (C=O) groups is 1. The van der Waals surface area contributed by atoms with Crippen LogP contribution in [-0.2, 0) is 31.3 Å². The first-order chi connectivity index (χ1) is 22.4. The molecule has 3 aromatic carbocycles. The summed E-state index contributed by atoms with van der Waals surface area (Å²) >= 11 is 0. The van der Waals surface area contributed by atoms with Crippen molar-refractivity contribution in [3.63, 3.8) is 0 Å². The molecule has 48 heavy (non-hydrogen) atoms. The van der Waals surface area contributed by atoms with Crippen molar-refractivity contribution in [2.24, 2.45) is 16.7 Å². The Labute approximate surface area is 302 Å². The Kier molecular flexibility index (Phi) is 12.4. The van der Waals surface area contributed by atoms with Crippen molar-refractivity contribution in [3.05, 3.63) is 77.7 Å². The maximum atomic E-state index is 11.9. The summed E-state index contributed by atoms with van der Waals surface area (Å²) in [5, 5.41) is 14.7. The Morgan fingerprint density at radius 2 is 1.69 bits per heavy atom. The van der Waals surface area contributed by atoms with Gasteiger partial charge in [0.05, 0.1) is 5.75 Å². The summed E-state index contributed by atoms with van der Waals surface area (Å²) in [7, 11) is 0. The van der Waals surface area contributed by atoms with E-state index in [9.17, 15) is 9.90 Å². The van der Waals surface area contributed by atoms with Gasteiger partial charge in [0, 0.05) is 54.8 Å². The Balaban J connectivity index is 0.000000264. The van der Waals surface area contributed by atoms with Crippen molar-refractivity contribution in [2.45, 2.75) is 119 Å². The van der Waals surface area contributed by atoms with Crippen LogP contribution in [0.2, 0.25) is 0 Å². The third-order valence-corrected chi connectivity index (χ3v) is 10.7. The predicted molar refractivity (Wildman–Crippen MR) is 196 cm³/mol. The fraction of sp³-hybridized carbons (Fsp3) is 0.488. The summed E-state index contributed by atoms with van der Waals surface area (Å²) in [6.07, 6.45) is 13.0. The summed E-state index contributed by atoms with van der Waals surface area (Å²) in [6.45, 7) is 17.0. The number of hydrogen-bond acceptors (Lipinski definition) is 4. The van der Waals surface area contributed by atoms with Crippen LogP contribution in [0.1, 0.15) is 124 Å². The number of pyridine rings is 1. The summed E-state index contributed by atoms with van der Waals surface area (Å²) in [5.74, 6) is 2.93. The van der Waals surface area contributed by atoms with E-state index in [4.69, 9.17) is 9.72 Å². The van der Waals surface area contributed by atoms with Gasteiger partial charge in [-0.25, -0.2) is 0 Å². The molecule has 4 aromatic rings. The minimum atomic E-state index is -0.248. The maximum Gasteiger partial charge on any atom is 0.162 e. The van der Waals surface area contributed by atoms with Gasteiger partial charge in [-0.3, -0.25) is 9.78 Å². The zero-order chi connectivity index (χ0) is 33.9. The van der Waals surface area contributed by atoms with Crippen LogP contribution in [0.3, 0.4) is 0 Å². The number of ether oxygens (including phenoxy) is 1. The first kappa shape index (κ1) is 37.8. The smallest absolute Gasteiger partial charge is 0.162 e. The molecule has 1 aromatic heterocycles. The van der Waals surface area contributed by atoms with E-state index >= 15 is 0 Å². The number of aliphatic hydroxyl groups is 1. The van der Waals surface area contributed by atoms with Crippen LogP contribution in [0.25, 0.3) is 32.8 Å². The van der Waals surface area contributed by atoms with Crippen LogP contribution < -0.4 is 4.74 Å². The van der Waals surface area contributed by atoms with Gasteiger partial charge in [0.1, 0.15) is 11.5 Å². The van der Waals surface area contributed by atoms with Crippen molar-refractivity contribution in [3.8, 4) is 22.8 Å². The molecule has 1 fully saturated rings. The molecule has 0 spiro atoms. The Bertz CT molecular complexity index is 1770. The molecule has 5 heteroatoms. The first-order valence-electron chi connectivity index (χ1n) is 18.0. The van der Waals surface area contributed by atoms with E-state index in [2.05, 4.69) is 69.3 Å². The molecular weight excluding hydrogens is 771 g/mol. The first-order valence-corrected chi connectivity index (χ1v) is 18.0. The topological polar surface area (TPSA) is 59.4 Å². The number of carbonyl (C=O) groups excluding carboxylic acids is 1. The summed E-state index contributed by atoms with van der Waals surface area (Å²) in [5.41, 5.74) is 4.60. The van der Waals surface area contributed by atoms with Crippen molar-refractivity contribution < 1.29 is 34.7 Å². The van der Waals surface area contributed by atoms with Crippen LogP contribution in [0, 0.1) is 22.8 Å². The number of rotatable bonds is 9. The van der Waals surface area contributed by atoms with E-state index in [1.807, 2.05) is 40.8 Å². The van der Waals surface area contributed by atoms with Gasteiger partial charge in [-0.1, -0.05) is 109 Å². The second-order valence-corrected chi connectivity index (χ2v) is 15.2. The molecule has 0 atom stereocenters. The molecule has 1 radical (unpaired) electrons. The number of allylic oxidation sites excluding steroid dienone is 2. The second-order valence-electron chi connectivity index (χ2n) is 15.2. The third kappa shape index (κ3) is 7.89. The number of ketones is 1. The SMILES string of the molecule is CC(C)(C)Cc1c2c([c-]c3ccccc13)-c1nccc3cc(C4CCCC4)cc(c13)O2.CCC(CC)C(=O)/C=C(\O)C(C)(CC)CC.[Ir]. The maximum absolute atomic E-state index is 11.9. The van der Waals surface area contributed by atoms with Gasteiger partial charge in [0.2, 0.25) is 0 Å². The number of aliphatic hydroxyl groups excluding tert-OH is 1. The molecule has 6 rings (SSSR count). The van der Waals surface area contributed by atoms with E-state index in [-0.39, 0.29) is 48.4 Å². The van der Waals surface area contributed by atoms with Crippen LogP contribution in [0.15, 0.2) is 60.5 Å². The minimum absolute atomic E-state index is 0. The van der Waals surface area contributed by atoms with Crippen LogP contribution >= 0.6 is 0 Å². The van der Waals surface area contributed by atoms with Crippen LogP contribution in [-0.4, -0.2) is 15.9 Å². The molecule has 0 unspecified atom stereocenters. The zero-order valence-corrected chi connectivity index (χ0v) is 32.7. The van der Waals surface area contributed by atoms with Crippen molar-refractivity contribution >= 4 is 27.3 Å². The minimum Gasteiger partial charge on any atom is -0.512 e. The molecule has 1 N–H and O–H groups in total. The molecule has 0 saturated heterocycles. The van der Waals surface area contributed by atoms with Crippen molar-refractivity contribution in [1.82, 2.24) is 4.98 Å². The molecule has 2 heterocycles. The zero-order valence-electron chi connectivity index (χ0n) is 30.3. The van der Waals surface area contributed by atoms with E-state index < -0.39 is 0 Å². The Hall–Kier alpha value is -3.01. The van der Waals surface area contributed by atoms with Crippen LogP contribution in [0.5, 0.6) is 11.5 Å². The van der Waals surface area contributed by atoms with Crippen LogP contribution in [0.4, 0.5) is 0 Å². The Morgan fingerprint density at radius 1 is 1.02 bits per heavy atom. The largest absolute Gasteiger partial charge is 0.512 e. The standard InChI is InChI=1S/C29H28NO.C14H26O2.Ir/c1-29(2,3)17-24-22-11-7-6-10-19(22)15-23-27-26-20(12-13-30-27)14-21(18-8-4-5-9-18)16-25(26)31-28(23)24;1-6-11(7-2)12(15)10-13(16)14(5,8-3)9-4;/h6-7,10-14,16,18H,4-5,8-9,17H2,1-3H3;10-11,16H,6-9H2,1-5H3;/q-1;;/b;13-10-;. The van der Waals surface area contributed by atoms with Gasteiger partial charge in [-0.05, 0) is 79.4 Å². The van der Waals surface area contributed by atoms with Gasteiger partial charge in [-0.15, -0.1) is 17.5 Å². The average molecular weight is 825 g/mol. The fourth-order valence-corrected chi connectivity index (χ4v) is 7.21. The summed E-state index contributed by atoms with van der Waals surface area (Å²) in [6, 6.07) is 19.0. The molecule has 2 aliphatic rings. The monoisotopic (exact) mass is 825 g/mol. The average Bonchev–Trinajstić information content (AvgIpc) is 3.60. The molecular formula is C43H54IrNO3-. The molecule has 4 nitrogen and oxygen atoms in total. The number of fused-ring (bicyclic) bond motifs is 3. The van der Waals surface area contributed by atoms with Crippen molar-refractivity contribution in [2.75, 3.05) is 0 Å². The normalized spacial score (nSPS) is 14.7.